The number of nitrogens with zero attached hydrogens (tertiary/aromatic N) is 2. The molecule has 0 radical (unpaired) electrons. The second-order valence-electron chi connectivity index (χ2n) is 3.77. The van der Waals surface area contributed by atoms with Crippen LogP contribution < -0.4 is 10.5 Å². The summed E-state index contributed by atoms with van der Waals surface area (Å²) < 4.78 is 20.8. The number of anilines is 1. The Morgan fingerprint density at radius 2 is 2.22 bits per heavy atom. The van der Waals surface area contributed by atoms with Crippen LogP contribution in [0.4, 0.5) is 10.1 Å². The second kappa shape index (κ2) is 4.86. The number of nitrogens with two attached hydrogens (primary N) is 1. The quantitative estimate of drug-likeness (QED) is 0.929. The Labute approximate surface area is 109 Å². The summed E-state index contributed by atoms with van der Waals surface area (Å²) in [4.78, 5) is 0. The molecule has 0 aliphatic rings. The first-order valence-electron chi connectivity index (χ1n) is 5.49. The number of rotatable bonds is 3. The fourth-order valence-corrected chi connectivity index (χ4v) is 1.73. The van der Waals surface area contributed by atoms with Gasteiger partial charge in [-0.05, 0) is 26.0 Å². The van der Waals surface area contributed by atoms with Crippen molar-refractivity contribution in [3.05, 3.63) is 34.7 Å². The van der Waals surface area contributed by atoms with Crippen molar-refractivity contribution in [3.8, 4) is 11.6 Å². The van der Waals surface area contributed by atoms with Crippen LogP contribution in [0.15, 0.2) is 18.2 Å². The smallest absolute Gasteiger partial charge is 0.241 e. The third kappa shape index (κ3) is 2.13. The van der Waals surface area contributed by atoms with Gasteiger partial charge < -0.3 is 10.5 Å². The van der Waals surface area contributed by atoms with Crippen LogP contribution >= 0.6 is 11.6 Å². The van der Waals surface area contributed by atoms with Crippen LogP contribution in [-0.4, -0.2) is 9.78 Å². The van der Waals surface area contributed by atoms with Crippen molar-refractivity contribution in [1.29, 1.82) is 0 Å². The van der Waals surface area contributed by atoms with Crippen LogP contribution in [0.25, 0.3) is 0 Å². The summed E-state index contributed by atoms with van der Waals surface area (Å²) in [5.74, 6) is -0.250. The molecule has 1 aromatic carbocycles. The molecule has 0 atom stereocenters. The van der Waals surface area contributed by atoms with Gasteiger partial charge in [-0.3, -0.25) is 0 Å². The van der Waals surface area contributed by atoms with Crippen LogP contribution in [0.5, 0.6) is 11.6 Å². The number of nitrogen functional groups attached to an aromatic ring is 1. The molecule has 18 heavy (non-hydrogen) atoms. The molecule has 1 heterocycles. The summed E-state index contributed by atoms with van der Waals surface area (Å²) in [5.41, 5.74) is 6.90. The van der Waals surface area contributed by atoms with E-state index in [2.05, 4.69) is 5.10 Å². The highest BCUT2D eigenvalue weighted by Gasteiger charge is 2.16. The first-order valence-corrected chi connectivity index (χ1v) is 5.87. The third-order valence-corrected chi connectivity index (χ3v) is 2.84. The second-order valence-corrected chi connectivity index (χ2v) is 4.18. The Morgan fingerprint density at radius 3 is 2.89 bits per heavy atom. The number of hydrogen-bond acceptors (Lipinski definition) is 3. The van der Waals surface area contributed by atoms with Crippen molar-refractivity contribution >= 4 is 17.3 Å². The van der Waals surface area contributed by atoms with Gasteiger partial charge in [0.05, 0.1) is 10.7 Å². The fraction of sp³-hybridized carbons (Fsp3) is 0.250. The van der Waals surface area contributed by atoms with E-state index in [1.807, 2.05) is 6.92 Å². The van der Waals surface area contributed by atoms with Gasteiger partial charge in [-0.2, -0.15) is 5.10 Å². The Morgan fingerprint density at radius 1 is 1.50 bits per heavy atom. The van der Waals surface area contributed by atoms with E-state index in [9.17, 15) is 4.39 Å². The highest BCUT2D eigenvalue weighted by Crippen LogP contribution is 2.33. The molecule has 0 unspecified atom stereocenters. The largest absolute Gasteiger partial charge is 0.434 e. The first kappa shape index (κ1) is 12.7. The predicted octanol–water partition coefficient (Wildman–Crippen LogP) is 3.38. The summed E-state index contributed by atoms with van der Waals surface area (Å²) in [5, 5.41) is 4.19. The predicted molar refractivity (Wildman–Crippen MR) is 68.5 cm³/mol. The Kier molecular flexibility index (Phi) is 3.43. The summed E-state index contributed by atoms with van der Waals surface area (Å²) in [6.45, 7) is 4.24. The molecule has 0 aliphatic carbocycles. The van der Waals surface area contributed by atoms with Crippen LogP contribution in [0.2, 0.25) is 5.02 Å². The molecule has 1 aromatic heterocycles. The normalized spacial score (nSPS) is 10.7. The molecule has 4 nitrogen and oxygen atoms in total. The van der Waals surface area contributed by atoms with Crippen molar-refractivity contribution < 1.29 is 9.13 Å². The van der Waals surface area contributed by atoms with Crippen molar-refractivity contribution in [3.63, 3.8) is 0 Å². The van der Waals surface area contributed by atoms with Crippen molar-refractivity contribution in [2.24, 2.45) is 0 Å². The molecule has 2 N–H and O–H groups in total. The van der Waals surface area contributed by atoms with E-state index in [-0.39, 0.29) is 10.8 Å². The molecule has 2 aromatic rings. The zero-order valence-electron chi connectivity index (χ0n) is 10.1. The van der Waals surface area contributed by atoms with E-state index in [1.54, 1.807) is 17.7 Å². The van der Waals surface area contributed by atoms with Crippen molar-refractivity contribution in [1.82, 2.24) is 9.78 Å². The first-order chi connectivity index (χ1) is 8.54. The summed E-state index contributed by atoms with van der Waals surface area (Å²) in [6.07, 6.45) is 0. The van der Waals surface area contributed by atoms with Crippen LogP contribution in [0.1, 0.15) is 12.6 Å². The van der Waals surface area contributed by atoms with Crippen LogP contribution in [0, 0.1) is 12.7 Å². The van der Waals surface area contributed by atoms with Gasteiger partial charge >= 0.3 is 0 Å². The van der Waals surface area contributed by atoms with Gasteiger partial charge in [0.2, 0.25) is 5.88 Å². The molecular weight excluding hydrogens is 257 g/mol. The minimum Gasteiger partial charge on any atom is -0.434 e. The monoisotopic (exact) mass is 269 g/mol. The summed E-state index contributed by atoms with van der Waals surface area (Å²) in [6, 6.07) is 4.55. The number of aryl methyl sites for hydroxylation is 2. The van der Waals surface area contributed by atoms with Gasteiger partial charge in [0, 0.05) is 6.54 Å². The molecule has 2 rings (SSSR count). The van der Waals surface area contributed by atoms with Crippen LogP contribution in [-0.2, 0) is 6.54 Å². The van der Waals surface area contributed by atoms with Gasteiger partial charge in [0.25, 0.3) is 0 Å². The van der Waals surface area contributed by atoms with E-state index in [0.717, 1.165) is 0 Å². The van der Waals surface area contributed by atoms with E-state index in [1.165, 1.54) is 12.1 Å². The van der Waals surface area contributed by atoms with Crippen LogP contribution in [0.3, 0.4) is 0 Å². The number of hydrogen-bond donors (Lipinski definition) is 1. The Hall–Kier alpha value is -1.75. The molecule has 0 spiro atoms. The molecule has 0 saturated heterocycles. The van der Waals surface area contributed by atoms with Gasteiger partial charge in [-0.25, -0.2) is 9.07 Å². The standard InChI is InChI=1S/C12H13ClFN3O/c1-3-17-12(11(15)7(2)16-17)18-9-6-4-5-8(13)10(9)14/h4-6H,3,15H2,1-2H3. The molecule has 96 valence electrons. The highest BCUT2D eigenvalue weighted by atomic mass is 35.5. The molecular formula is C12H13ClFN3O. The molecule has 0 fully saturated rings. The molecule has 0 amide bonds. The number of aromatic nitrogens is 2. The maximum atomic E-state index is 13.7. The lowest BCUT2D eigenvalue weighted by atomic mass is 10.3. The zero-order chi connectivity index (χ0) is 13.3. The van der Waals surface area contributed by atoms with Crippen molar-refractivity contribution in [2.45, 2.75) is 20.4 Å². The molecule has 0 aliphatic heterocycles. The van der Waals surface area contributed by atoms with Gasteiger partial charge in [0.15, 0.2) is 11.6 Å². The fourth-order valence-electron chi connectivity index (χ4n) is 1.56. The lowest BCUT2D eigenvalue weighted by Gasteiger charge is -2.09. The lowest BCUT2D eigenvalue weighted by molar-refractivity contribution is 0.395. The van der Waals surface area contributed by atoms with Crippen molar-refractivity contribution in [2.75, 3.05) is 5.73 Å². The number of ether oxygens (including phenoxy) is 1. The molecule has 0 saturated carbocycles. The Balaban J connectivity index is 2.43. The number of halogens is 2. The van der Waals surface area contributed by atoms with E-state index < -0.39 is 5.82 Å². The van der Waals surface area contributed by atoms with Gasteiger partial charge in [0.1, 0.15) is 5.69 Å². The van der Waals surface area contributed by atoms with E-state index >= 15 is 0 Å². The summed E-state index contributed by atoms with van der Waals surface area (Å²) >= 11 is 5.69. The average Bonchev–Trinajstić information content (AvgIpc) is 2.62. The number of benzene rings is 1. The maximum Gasteiger partial charge on any atom is 0.241 e. The van der Waals surface area contributed by atoms with Gasteiger partial charge in [-0.1, -0.05) is 17.7 Å². The third-order valence-electron chi connectivity index (χ3n) is 2.55. The maximum absolute atomic E-state index is 13.7. The SMILES string of the molecule is CCn1nc(C)c(N)c1Oc1cccc(Cl)c1F. The van der Waals surface area contributed by atoms with E-state index in [0.29, 0.717) is 23.8 Å². The minimum atomic E-state index is -0.611. The molecule has 0 bridgehead atoms. The van der Waals surface area contributed by atoms with E-state index in [4.69, 9.17) is 22.1 Å². The highest BCUT2D eigenvalue weighted by molar-refractivity contribution is 6.30. The Bertz CT molecular complexity index is 583. The average molecular weight is 270 g/mol. The lowest BCUT2D eigenvalue weighted by Crippen LogP contribution is -2.01. The summed E-state index contributed by atoms with van der Waals surface area (Å²) in [7, 11) is 0. The molecule has 6 heteroatoms. The minimum absolute atomic E-state index is 0.00496. The van der Waals surface area contributed by atoms with Gasteiger partial charge in [-0.15, -0.1) is 0 Å². The topological polar surface area (TPSA) is 53.1 Å². The zero-order valence-corrected chi connectivity index (χ0v) is 10.8.